The largest absolute Gasteiger partial charge is 0.394 e. The van der Waals surface area contributed by atoms with Gasteiger partial charge in [0.05, 0.1) is 38.6 Å². The fourth-order valence-electron chi connectivity index (χ4n) is 0.877. The number of hydroxylamine groups is 2. The molecule has 0 aliphatic rings. The molecule has 0 aliphatic carbocycles. The van der Waals surface area contributed by atoms with E-state index in [1.165, 1.54) is 0 Å². The monoisotopic (exact) mass is 284 g/mol. The maximum Gasteiger partial charge on any atom is 0.0942 e. The van der Waals surface area contributed by atoms with Crippen LogP contribution >= 0.6 is 0 Å². The normalized spacial score (nSPS) is 13.9. The lowest BCUT2D eigenvalue weighted by Crippen LogP contribution is -2.30. The van der Waals surface area contributed by atoms with Crippen molar-refractivity contribution in [1.29, 1.82) is 0 Å². The predicted molar refractivity (Wildman–Crippen MR) is 70.1 cm³/mol. The van der Waals surface area contributed by atoms with Gasteiger partial charge in [-0.2, -0.15) is 0 Å². The summed E-state index contributed by atoms with van der Waals surface area (Å²) >= 11 is 0. The summed E-state index contributed by atoms with van der Waals surface area (Å²) < 4.78 is 0. The summed E-state index contributed by atoms with van der Waals surface area (Å²) in [6.07, 6.45) is -0.660. The number of rotatable bonds is 10. The quantitative estimate of drug-likeness (QED) is 0.296. The highest BCUT2D eigenvalue weighted by molar-refractivity contribution is 4.55. The van der Waals surface area contributed by atoms with Gasteiger partial charge in [-0.3, -0.25) is 9.68 Å². The first-order chi connectivity index (χ1) is 8.93. The highest BCUT2D eigenvalue weighted by atomic mass is 16.9. The number of aliphatic hydroxyl groups excluding tert-OH is 4. The Balaban J connectivity index is 0. The van der Waals surface area contributed by atoms with Crippen molar-refractivity contribution < 1.29 is 30.1 Å². The summed E-state index contributed by atoms with van der Waals surface area (Å²) in [6.45, 7) is 4.80. The van der Waals surface area contributed by atoms with Gasteiger partial charge in [0, 0.05) is 20.1 Å². The van der Waals surface area contributed by atoms with Gasteiger partial charge in [-0.1, -0.05) is 5.23 Å². The van der Waals surface area contributed by atoms with Crippen molar-refractivity contribution in [3.05, 3.63) is 0 Å². The van der Waals surface area contributed by atoms with E-state index in [-0.39, 0.29) is 38.6 Å². The number of aliphatic hydroxyl groups is 4. The van der Waals surface area contributed by atoms with Crippen LogP contribution in [0.1, 0.15) is 13.8 Å². The predicted octanol–water partition coefficient (Wildman–Crippen LogP) is -1.90. The molecule has 0 amide bonds. The summed E-state index contributed by atoms with van der Waals surface area (Å²) in [5.41, 5.74) is 0. The summed E-state index contributed by atoms with van der Waals surface area (Å²) in [4.78, 5) is 9.49. The zero-order valence-electron chi connectivity index (χ0n) is 11.9. The molecule has 2 atom stereocenters. The first-order valence-electron chi connectivity index (χ1n) is 6.22. The summed E-state index contributed by atoms with van der Waals surface area (Å²) in [5, 5.41) is 38.0. The second-order valence-corrected chi connectivity index (χ2v) is 3.91. The van der Waals surface area contributed by atoms with Crippen molar-refractivity contribution in [2.75, 3.05) is 46.6 Å². The second kappa shape index (κ2) is 15.7. The zero-order chi connectivity index (χ0) is 15.1. The molecule has 118 valence electrons. The molecule has 0 aliphatic heterocycles. The van der Waals surface area contributed by atoms with E-state index in [0.29, 0.717) is 13.1 Å². The van der Waals surface area contributed by atoms with E-state index in [2.05, 4.69) is 5.32 Å². The lowest BCUT2D eigenvalue weighted by molar-refractivity contribution is -0.356. The minimum atomic E-state index is -0.330. The molecular formula is C11H28N2O6. The minimum Gasteiger partial charge on any atom is -0.394 e. The molecule has 8 heteroatoms. The van der Waals surface area contributed by atoms with Gasteiger partial charge < -0.3 is 25.7 Å². The Morgan fingerprint density at radius 1 is 0.947 bits per heavy atom. The molecule has 0 aromatic carbocycles. The molecule has 0 saturated heterocycles. The summed E-state index contributed by atoms with van der Waals surface area (Å²) in [6, 6.07) is 0. The topological polar surface area (TPSA) is 115 Å². The van der Waals surface area contributed by atoms with Crippen LogP contribution in [0.4, 0.5) is 0 Å². The standard InChI is InChI=1S/C6H15NO2.C5H13NO4/c1-5(8)3-7-4-6(2)9;1-6(9-4-2-7)10-5-3-8/h5-9H,3-4H2,1-2H3;7-8H,2-5H2,1H3. The third-order valence-electron chi connectivity index (χ3n) is 1.61. The SMILES string of the molecule is CC(O)CNCC(C)O.CN(OCCO)OCCO. The van der Waals surface area contributed by atoms with E-state index >= 15 is 0 Å². The van der Waals surface area contributed by atoms with Crippen molar-refractivity contribution in [3.63, 3.8) is 0 Å². The second-order valence-electron chi connectivity index (χ2n) is 3.91. The van der Waals surface area contributed by atoms with E-state index < -0.39 is 0 Å². The lowest BCUT2D eigenvalue weighted by Gasteiger charge is -2.13. The van der Waals surface area contributed by atoms with Crippen LogP contribution in [0.15, 0.2) is 0 Å². The third-order valence-corrected chi connectivity index (χ3v) is 1.61. The molecule has 0 saturated carbocycles. The molecule has 0 aromatic heterocycles. The van der Waals surface area contributed by atoms with E-state index in [4.69, 9.17) is 30.1 Å². The first-order valence-corrected chi connectivity index (χ1v) is 6.22. The molecule has 0 radical (unpaired) electrons. The third kappa shape index (κ3) is 23.2. The van der Waals surface area contributed by atoms with Crippen LogP contribution in [-0.4, -0.2) is 84.4 Å². The molecule has 5 N–H and O–H groups in total. The fraction of sp³-hybridized carbons (Fsp3) is 1.00. The molecule has 0 heterocycles. The lowest BCUT2D eigenvalue weighted by atomic mass is 10.3. The van der Waals surface area contributed by atoms with E-state index in [1.54, 1.807) is 20.9 Å². The van der Waals surface area contributed by atoms with Crippen molar-refractivity contribution in [2.45, 2.75) is 26.1 Å². The number of hydrogen-bond donors (Lipinski definition) is 5. The molecule has 0 aromatic rings. The van der Waals surface area contributed by atoms with Crippen molar-refractivity contribution >= 4 is 0 Å². The van der Waals surface area contributed by atoms with Crippen LogP contribution in [0, 0.1) is 0 Å². The van der Waals surface area contributed by atoms with Crippen molar-refractivity contribution in [3.8, 4) is 0 Å². The van der Waals surface area contributed by atoms with Crippen molar-refractivity contribution in [2.24, 2.45) is 0 Å². The number of hydrogen-bond acceptors (Lipinski definition) is 8. The Morgan fingerprint density at radius 2 is 1.32 bits per heavy atom. The molecule has 0 fully saturated rings. The van der Waals surface area contributed by atoms with Gasteiger partial charge in [-0.25, -0.2) is 0 Å². The van der Waals surface area contributed by atoms with E-state index in [1.807, 2.05) is 0 Å². The van der Waals surface area contributed by atoms with E-state index in [0.717, 1.165) is 5.23 Å². The maximum absolute atomic E-state index is 8.72. The van der Waals surface area contributed by atoms with Gasteiger partial charge in [-0.15, -0.1) is 0 Å². The van der Waals surface area contributed by atoms with Crippen LogP contribution < -0.4 is 5.32 Å². The number of nitrogens with zero attached hydrogens (tertiary/aromatic N) is 1. The Bertz CT molecular complexity index is 155. The van der Waals surface area contributed by atoms with Gasteiger partial charge in [0.1, 0.15) is 0 Å². The molecule has 19 heavy (non-hydrogen) atoms. The van der Waals surface area contributed by atoms with Gasteiger partial charge >= 0.3 is 0 Å². The summed E-state index contributed by atoms with van der Waals surface area (Å²) in [7, 11) is 1.55. The van der Waals surface area contributed by atoms with Crippen LogP contribution in [0.3, 0.4) is 0 Å². The molecule has 0 spiro atoms. The van der Waals surface area contributed by atoms with Crippen LogP contribution in [0.25, 0.3) is 0 Å². The molecule has 0 rings (SSSR count). The highest BCUT2D eigenvalue weighted by Crippen LogP contribution is 1.85. The van der Waals surface area contributed by atoms with Crippen molar-refractivity contribution in [1.82, 2.24) is 10.5 Å². The Kier molecular flexibility index (Phi) is 17.4. The molecular weight excluding hydrogens is 256 g/mol. The van der Waals surface area contributed by atoms with Gasteiger partial charge in [0.25, 0.3) is 0 Å². The van der Waals surface area contributed by atoms with Crippen LogP contribution in [-0.2, 0) is 9.68 Å². The fourth-order valence-corrected chi connectivity index (χ4v) is 0.877. The number of nitrogens with one attached hydrogen (secondary N) is 1. The Labute approximate surface area is 114 Å². The minimum absolute atomic E-state index is 0.0488. The van der Waals surface area contributed by atoms with Crippen LogP contribution in [0.2, 0.25) is 0 Å². The summed E-state index contributed by atoms with van der Waals surface area (Å²) in [5.74, 6) is 0. The Hall–Kier alpha value is -0.320. The zero-order valence-corrected chi connectivity index (χ0v) is 11.9. The van der Waals surface area contributed by atoms with Gasteiger partial charge in [0.2, 0.25) is 0 Å². The van der Waals surface area contributed by atoms with Gasteiger partial charge in [-0.05, 0) is 13.8 Å². The van der Waals surface area contributed by atoms with Gasteiger partial charge in [0.15, 0.2) is 0 Å². The molecule has 0 bridgehead atoms. The van der Waals surface area contributed by atoms with Crippen LogP contribution in [0.5, 0.6) is 0 Å². The molecule has 2 unspecified atom stereocenters. The maximum atomic E-state index is 8.72. The average molecular weight is 284 g/mol. The average Bonchev–Trinajstić information content (AvgIpc) is 2.33. The molecule has 8 nitrogen and oxygen atoms in total. The highest BCUT2D eigenvalue weighted by Gasteiger charge is 1.96. The smallest absolute Gasteiger partial charge is 0.0942 e. The van der Waals surface area contributed by atoms with E-state index in [9.17, 15) is 0 Å². The first kappa shape index (κ1) is 21.0. The Morgan fingerprint density at radius 3 is 1.58 bits per heavy atom.